The van der Waals surface area contributed by atoms with Crippen molar-refractivity contribution in [3.63, 3.8) is 0 Å². The fraction of sp³-hybridized carbons (Fsp3) is 0.412. The highest BCUT2D eigenvalue weighted by atomic mass is 32.2. The van der Waals surface area contributed by atoms with Gasteiger partial charge in [-0.15, -0.1) is 0 Å². The van der Waals surface area contributed by atoms with Crippen molar-refractivity contribution in [2.75, 3.05) is 13.1 Å². The molecule has 1 saturated heterocycles. The molecule has 0 saturated carbocycles. The summed E-state index contributed by atoms with van der Waals surface area (Å²) < 4.78 is 0. The average Bonchev–Trinajstić information content (AvgIpc) is 2.83. The summed E-state index contributed by atoms with van der Waals surface area (Å²) in [6, 6.07) is 8.20. The lowest BCUT2D eigenvalue weighted by Gasteiger charge is -2.31. The van der Waals surface area contributed by atoms with Crippen LogP contribution in [0.15, 0.2) is 34.2 Å². The maximum absolute atomic E-state index is 12.1. The molecule has 2 aliphatic rings. The monoisotopic (exact) mass is 300 g/mol. The fourth-order valence-electron chi connectivity index (χ4n) is 2.71. The van der Waals surface area contributed by atoms with E-state index in [2.05, 4.69) is 35.9 Å². The molecule has 0 aliphatic carbocycles. The molecule has 1 atom stereocenters. The van der Waals surface area contributed by atoms with E-state index >= 15 is 0 Å². The van der Waals surface area contributed by atoms with Gasteiger partial charge in [0.1, 0.15) is 0 Å². The molecule has 2 heterocycles. The number of aliphatic imine (C=N–C) groups is 1. The smallest absolute Gasteiger partial charge is 0.286 e. The average molecular weight is 300 g/mol. The number of piperidine rings is 1. The number of benzene rings is 1. The second kappa shape index (κ2) is 6.06. The van der Waals surface area contributed by atoms with Crippen LogP contribution in [0.3, 0.4) is 0 Å². The number of thioether (sulfide) groups is 1. The van der Waals surface area contributed by atoms with E-state index in [-0.39, 0.29) is 5.91 Å². The van der Waals surface area contributed by atoms with Gasteiger partial charge in [-0.2, -0.15) is 4.99 Å². The zero-order valence-electron chi connectivity index (χ0n) is 12.5. The first-order valence-electron chi connectivity index (χ1n) is 7.46. The third-order valence-electron chi connectivity index (χ3n) is 3.91. The summed E-state index contributed by atoms with van der Waals surface area (Å²) >= 11 is 1.51. The first kappa shape index (κ1) is 14.4. The van der Waals surface area contributed by atoms with Gasteiger partial charge in [0.25, 0.3) is 5.91 Å². The Morgan fingerprint density at radius 2 is 2.10 bits per heavy atom. The van der Waals surface area contributed by atoms with E-state index in [1.54, 1.807) is 0 Å². The van der Waals surface area contributed by atoms with Crippen molar-refractivity contribution in [2.24, 2.45) is 10.9 Å². The van der Waals surface area contributed by atoms with Gasteiger partial charge in [-0.3, -0.25) is 4.79 Å². The number of likely N-dealkylation sites (tertiary alicyclic amines) is 1. The van der Waals surface area contributed by atoms with Crippen LogP contribution in [0.4, 0.5) is 0 Å². The lowest BCUT2D eigenvalue weighted by Crippen LogP contribution is -2.37. The maximum atomic E-state index is 12.1. The van der Waals surface area contributed by atoms with Crippen molar-refractivity contribution < 1.29 is 4.79 Å². The van der Waals surface area contributed by atoms with E-state index in [9.17, 15) is 4.79 Å². The Morgan fingerprint density at radius 3 is 2.81 bits per heavy atom. The SMILES string of the molecule is Cc1ccc(/C=C2/SC(N3CCC[C@@H](C)C3)=NC2=O)cc1. The Bertz CT molecular complexity index is 604. The van der Waals surface area contributed by atoms with Gasteiger partial charge in [0.2, 0.25) is 0 Å². The molecule has 0 aromatic heterocycles. The minimum absolute atomic E-state index is 0.103. The van der Waals surface area contributed by atoms with Gasteiger partial charge in [0.05, 0.1) is 4.91 Å². The van der Waals surface area contributed by atoms with E-state index in [0.717, 1.165) is 28.7 Å². The normalized spacial score (nSPS) is 24.6. The number of nitrogens with zero attached hydrogens (tertiary/aromatic N) is 2. The van der Waals surface area contributed by atoms with Gasteiger partial charge < -0.3 is 4.90 Å². The quantitative estimate of drug-likeness (QED) is 0.741. The van der Waals surface area contributed by atoms with Crippen LogP contribution in [0.5, 0.6) is 0 Å². The summed E-state index contributed by atoms with van der Waals surface area (Å²) in [4.78, 5) is 19.3. The summed E-state index contributed by atoms with van der Waals surface area (Å²) in [6.45, 7) is 6.35. The highest BCUT2D eigenvalue weighted by Gasteiger charge is 2.28. The molecule has 0 N–H and O–H groups in total. The van der Waals surface area contributed by atoms with Crippen LogP contribution in [0.1, 0.15) is 30.9 Å². The number of carbonyl (C=O) groups is 1. The van der Waals surface area contributed by atoms with Crippen LogP contribution < -0.4 is 0 Å². The minimum Gasteiger partial charge on any atom is -0.351 e. The Balaban J connectivity index is 1.73. The molecule has 0 radical (unpaired) electrons. The van der Waals surface area contributed by atoms with Gasteiger partial charge in [-0.05, 0) is 49.1 Å². The molecule has 4 heteroatoms. The first-order chi connectivity index (χ1) is 10.1. The van der Waals surface area contributed by atoms with Gasteiger partial charge in [-0.25, -0.2) is 0 Å². The molecule has 1 fully saturated rings. The van der Waals surface area contributed by atoms with Crippen molar-refractivity contribution in [1.29, 1.82) is 0 Å². The van der Waals surface area contributed by atoms with Gasteiger partial charge in [-0.1, -0.05) is 36.8 Å². The largest absolute Gasteiger partial charge is 0.351 e. The topological polar surface area (TPSA) is 32.7 Å². The molecule has 1 aromatic carbocycles. The number of amides is 1. The highest BCUT2D eigenvalue weighted by molar-refractivity contribution is 8.18. The van der Waals surface area contributed by atoms with Crippen LogP contribution in [0, 0.1) is 12.8 Å². The predicted octanol–water partition coefficient (Wildman–Crippen LogP) is 3.70. The van der Waals surface area contributed by atoms with E-state index in [1.165, 1.54) is 30.2 Å². The number of carbonyl (C=O) groups excluding carboxylic acids is 1. The van der Waals surface area contributed by atoms with Crippen molar-refractivity contribution in [1.82, 2.24) is 4.90 Å². The van der Waals surface area contributed by atoms with Crippen LogP contribution in [0.2, 0.25) is 0 Å². The van der Waals surface area contributed by atoms with Gasteiger partial charge in [0, 0.05) is 13.1 Å². The minimum atomic E-state index is -0.103. The first-order valence-corrected chi connectivity index (χ1v) is 8.27. The second-order valence-electron chi connectivity index (χ2n) is 5.91. The second-order valence-corrected chi connectivity index (χ2v) is 6.92. The van der Waals surface area contributed by atoms with Gasteiger partial charge >= 0.3 is 0 Å². The van der Waals surface area contributed by atoms with E-state index in [4.69, 9.17) is 0 Å². The number of hydrogen-bond donors (Lipinski definition) is 0. The molecular weight excluding hydrogens is 280 g/mol. The van der Waals surface area contributed by atoms with Crippen molar-refractivity contribution in [2.45, 2.75) is 26.7 Å². The summed E-state index contributed by atoms with van der Waals surface area (Å²) in [5.41, 5.74) is 2.28. The molecule has 2 aliphatic heterocycles. The summed E-state index contributed by atoms with van der Waals surface area (Å²) in [6.07, 6.45) is 4.40. The number of aryl methyl sites for hydroxylation is 1. The Labute approximate surface area is 130 Å². The predicted molar refractivity (Wildman–Crippen MR) is 89.2 cm³/mol. The van der Waals surface area contributed by atoms with Crippen molar-refractivity contribution in [3.05, 3.63) is 40.3 Å². The molecule has 3 nitrogen and oxygen atoms in total. The molecule has 1 amide bonds. The van der Waals surface area contributed by atoms with Crippen LogP contribution in [0.25, 0.3) is 6.08 Å². The lowest BCUT2D eigenvalue weighted by molar-refractivity contribution is -0.113. The molecule has 1 aromatic rings. The third kappa shape index (κ3) is 3.38. The molecule has 0 spiro atoms. The van der Waals surface area contributed by atoms with Crippen LogP contribution in [-0.2, 0) is 4.79 Å². The Kier molecular flexibility index (Phi) is 4.15. The van der Waals surface area contributed by atoms with E-state index in [1.807, 2.05) is 18.2 Å². The summed E-state index contributed by atoms with van der Waals surface area (Å²) in [5.74, 6) is 0.580. The highest BCUT2D eigenvalue weighted by Crippen LogP contribution is 2.32. The lowest BCUT2D eigenvalue weighted by atomic mass is 10.0. The van der Waals surface area contributed by atoms with Crippen molar-refractivity contribution >= 4 is 28.9 Å². The van der Waals surface area contributed by atoms with E-state index in [0.29, 0.717) is 5.92 Å². The standard InChI is InChI=1S/C17H20N2OS/c1-12-5-7-14(8-6-12)10-15-16(20)18-17(21-15)19-9-3-4-13(2)11-19/h5-8,10,13H,3-4,9,11H2,1-2H3/b15-10+/t13-/m1/s1. The zero-order valence-corrected chi connectivity index (χ0v) is 13.3. The summed E-state index contributed by atoms with van der Waals surface area (Å²) in [7, 11) is 0. The summed E-state index contributed by atoms with van der Waals surface area (Å²) in [5, 5.41) is 0.880. The van der Waals surface area contributed by atoms with Crippen LogP contribution in [-0.4, -0.2) is 29.1 Å². The molecule has 3 rings (SSSR count). The molecule has 21 heavy (non-hydrogen) atoms. The maximum Gasteiger partial charge on any atom is 0.286 e. The van der Waals surface area contributed by atoms with Crippen LogP contribution >= 0.6 is 11.8 Å². The molecule has 0 bridgehead atoms. The molecular formula is C17H20N2OS. The van der Waals surface area contributed by atoms with E-state index < -0.39 is 0 Å². The fourth-order valence-corrected chi connectivity index (χ4v) is 3.66. The third-order valence-corrected chi connectivity index (χ3v) is 4.96. The zero-order chi connectivity index (χ0) is 14.8. The Hall–Kier alpha value is -1.55. The van der Waals surface area contributed by atoms with Gasteiger partial charge in [0.15, 0.2) is 5.17 Å². The number of hydrogen-bond acceptors (Lipinski definition) is 3. The van der Waals surface area contributed by atoms with Crippen molar-refractivity contribution in [3.8, 4) is 0 Å². The number of amidine groups is 1. The molecule has 110 valence electrons. The number of rotatable bonds is 1. The molecule has 0 unspecified atom stereocenters. The Morgan fingerprint density at radius 1 is 1.33 bits per heavy atom.